The van der Waals surface area contributed by atoms with E-state index in [-0.39, 0.29) is 0 Å². The van der Waals surface area contributed by atoms with E-state index < -0.39 is 0 Å². The lowest BCUT2D eigenvalue weighted by Gasteiger charge is -2.21. The Hall–Kier alpha value is -1.16. The lowest BCUT2D eigenvalue weighted by Crippen LogP contribution is -2.29. The molecule has 2 heterocycles. The summed E-state index contributed by atoms with van der Waals surface area (Å²) in [6.45, 7) is 5.49. The first kappa shape index (κ1) is 9.40. The molecule has 0 saturated heterocycles. The Morgan fingerprint density at radius 2 is 2.43 bits per heavy atom. The van der Waals surface area contributed by atoms with Crippen LogP contribution < -0.4 is 0 Å². The molecule has 0 saturated carbocycles. The molecular weight excluding hydrogens is 176 g/mol. The van der Waals surface area contributed by atoms with Crippen LogP contribution >= 0.6 is 0 Å². The Bertz CT molecular complexity index is 291. The summed E-state index contributed by atoms with van der Waals surface area (Å²) in [5.74, 6) is 0. The van der Waals surface area contributed by atoms with Crippen LogP contribution in [0.1, 0.15) is 19.4 Å². The van der Waals surface area contributed by atoms with Crippen molar-refractivity contribution in [2.75, 3.05) is 19.6 Å². The average Bonchev–Trinajstić information content (AvgIpc) is 2.63. The first-order valence-electron chi connectivity index (χ1n) is 5.15. The van der Waals surface area contributed by atoms with Crippen molar-refractivity contribution in [1.82, 2.24) is 19.9 Å². The van der Waals surface area contributed by atoms with Gasteiger partial charge in [0.2, 0.25) is 0 Å². The van der Waals surface area contributed by atoms with Crippen LogP contribution in [-0.2, 0) is 0 Å². The van der Waals surface area contributed by atoms with E-state index in [0.717, 1.165) is 26.1 Å². The summed E-state index contributed by atoms with van der Waals surface area (Å²) >= 11 is 0. The monoisotopic (exact) mass is 192 g/mol. The zero-order valence-electron chi connectivity index (χ0n) is 8.50. The number of hydrogen-bond donors (Lipinski definition) is 0. The molecule has 0 aromatic carbocycles. The van der Waals surface area contributed by atoms with Crippen LogP contribution in [0.3, 0.4) is 0 Å². The molecule has 1 atom stereocenters. The van der Waals surface area contributed by atoms with E-state index in [4.69, 9.17) is 0 Å². The predicted octanol–water partition coefficient (Wildman–Crippen LogP) is 1.10. The minimum absolute atomic E-state index is 0.347. The third-order valence-corrected chi connectivity index (χ3v) is 2.64. The van der Waals surface area contributed by atoms with Gasteiger partial charge in [-0.05, 0) is 13.0 Å². The van der Waals surface area contributed by atoms with Crippen LogP contribution in [0.5, 0.6) is 0 Å². The Morgan fingerprint density at radius 1 is 1.50 bits per heavy atom. The smallest absolute Gasteiger partial charge is 0.0843 e. The normalized spacial score (nSPS) is 23.6. The first-order valence-corrected chi connectivity index (χ1v) is 5.15. The van der Waals surface area contributed by atoms with E-state index in [1.165, 1.54) is 0 Å². The van der Waals surface area contributed by atoms with Gasteiger partial charge in [0.1, 0.15) is 0 Å². The van der Waals surface area contributed by atoms with E-state index in [0.29, 0.717) is 6.04 Å². The van der Waals surface area contributed by atoms with Crippen molar-refractivity contribution in [3.8, 4) is 0 Å². The first-order chi connectivity index (χ1) is 6.90. The summed E-state index contributed by atoms with van der Waals surface area (Å²) in [6, 6.07) is 0.347. The van der Waals surface area contributed by atoms with Crippen molar-refractivity contribution in [2.45, 2.75) is 19.4 Å². The maximum Gasteiger partial charge on any atom is 0.0843 e. The summed E-state index contributed by atoms with van der Waals surface area (Å²) in [5.41, 5.74) is 0. The molecule has 4 heteroatoms. The second-order valence-corrected chi connectivity index (χ2v) is 3.56. The highest BCUT2D eigenvalue weighted by Gasteiger charge is 2.14. The van der Waals surface area contributed by atoms with Crippen LogP contribution in [0.4, 0.5) is 0 Å². The average molecular weight is 192 g/mol. The number of rotatable bonds is 2. The van der Waals surface area contributed by atoms with Crippen LogP contribution in [0.15, 0.2) is 24.5 Å². The van der Waals surface area contributed by atoms with Crippen LogP contribution in [-0.4, -0.2) is 39.5 Å². The van der Waals surface area contributed by atoms with Gasteiger partial charge in [0.25, 0.3) is 0 Å². The predicted molar refractivity (Wildman–Crippen MR) is 54.9 cm³/mol. The molecule has 1 unspecified atom stereocenters. The summed E-state index contributed by atoms with van der Waals surface area (Å²) in [4.78, 5) is 2.44. The third-order valence-electron chi connectivity index (χ3n) is 2.64. The highest BCUT2D eigenvalue weighted by Crippen LogP contribution is 2.13. The molecule has 0 aliphatic carbocycles. The molecule has 0 amide bonds. The molecule has 2 rings (SSSR count). The van der Waals surface area contributed by atoms with E-state index >= 15 is 0 Å². The fourth-order valence-electron chi connectivity index (χ4n) is 1.78. The molecule has 1 aromatic heterocycles. The van der Waals surface area contributed by atoms with Gasteiger partial charge < -0.3 is 4.90 Å². The van der Waals surface area contributed by atoms with Crippen LogP contribution in [0, 0.1) is 0 Å². The van der Waals surface area contributed by atoms with Crippen molar-refractivity contribution in [3.63, 3.8) is 0 Å². The molecule has 14 heavy (non-hydrogen) atoms. The minimum Gasteiger partial charge on any atom is -0.301 e. The molecule has 4 nitrogen and oxygen atoms in total. The topological polar surface area (TPSA) is 34.0 Å². The molecule has 1 aliphatic rings. The lowest BCUT2D eigenvalue weighted by atomic mass is 10.2. The Morgan fingerprint density at radius 3 is 3.14 bits per heavy atom. The highest BCUT2D eigenvalue weighted by atomic mass is 15.4. The SMILES string of the molecule is CCN1CCC=CC(n2ccnn2)C1. The van der Waals surface area contributed by atoms with Crippen molar-refractivity contribution < 1.29 is 0 Å². The van der Waals surface area contributed by atoms with Crippen molar-refractivity contribution >= 4 is 0 Å². The van der Waals surface area contributed by atoms with E-state index in [2.05, 4.69) is 34.3 Å². The number of likely N-dealkylation sites (N-methyl/N-ethyl adjacent to an activating group) is 1. The fourth-order valence-corrected chi connectivity index (χ4v) is 1.78. The van der Waals surface area contributed by atoms with Gasteiger partial charge in [-0.1, -0.05) is 24.3 Å². The zero-order chi connectivity index (χ0) is 9.80. The van der Waals surface area contributed by atoms with Gasteiger partial charge in [0.15, 0.2) is 0 Å². The number of hydrogen-bond acceptors (Lipinski definition) is 3. The summed E-state index contributed by atoms with van der Waals surface area (Å²) in [6.07, 6.45) is 9.26. The van der Waals surface area contributed by atoms with Gasteiger partial charge in [-0.25, -0.2) is 4.68 Å². The van der Waals surface area contributed by atoms with E-state index in [9.17, 15) is 0 Å². The summed E-state index contributed by atoms with van der Waals surface area (Å²) < 4.78 is 1.92. The molecule has 0 spiro atoms. The number of nitrogens with zero attached hydrogens (tertiary/aromatic N) is 4. The molecule has 0 N–H and O–H groups in total. The highest BCUT2D eigenvalue weighted by molar-refractivity contribution is 4.96. The third kappa shape index (κ3) is 2.01. The van der Waals surface area contributed by atoms with E-state index in [1.54, 1.807) is 6.20 Å². The fraction of sp³-hybridized carbons (Fsp3) is 0.600. The van der Waals surface area contributed by atoms with Gasteiger partial charge in [0.05, 0.1) is 12.2 Å². The van der Waals surface area contributed by atoms with Gasteiger partial charge in [-0.3, -0.25) is 0 Å². The quantitative estimate of drug-likeness (QED) is 0.658. The molecule has 0 bridgehead atoms. The second kappa shape index (κ2) is 4.37. The molecular formula is C10H16N4. The molecule has 76 valence electrons. The lowest BCUT2D eigenvalue weighted by molar-refractivity contribution is 0.264. The van der Waals surface area contributed by atoms with Crippen molar-refractivity contribution in [2.24, 2.45) is 0 Å². The van der Waals surface area contributed by atoms with E-state index in [1.807, 2.05) is 10.9 Å². The minimum atomic E-state index is 0.347. The van der Waals surface area contributed by atoms with Crippen LogP contribution in [0.2, 0.25) is 0 Å². The maximum absolute atomic E-state index is 4.04. The van der Waals surface area contributed by atoms with Crippen molar-refractivity contribution in [3.05, 3.63) is 24.5 Å². The zero-order valence-corrected chi connectivity index (χ0v) is 8.50. The molecule has 0 radical (unpaired) electrons. The van der Waals surface area contributed by atoms with Gasteiger partial charge in [-0.2, -0.15) is 0 Å². The Balaban J connectivity index is 2.10. The van der Waals surface area contributed by atoms with Crippen molar-refractivity contribution in [1.29, 1.82) is 0 Å². The maximum atomic E-state index is 4.04. The molecule has 0 fully saturated rings. The Labute approximate surface area is 84.2 Å². The largest absolute Gasteiger partial charge is 0.301 e. The molecule has 1 aliphatic heterocycles. The van der Waals surface area contributed by atoms with Gasteiger partial charge >= 0.3 is 0 Å². The van der Waals surface area contributed by atoms with Gasteiger partial charge in [-0.15, -0.1) is 5.10 Å². The van der Waals surface area contributed by atoms with Crippen LogP contribution in [0.25, 0.3) is 0 Å². The Kier molecular flexibility index (Phi) is 2.93. The van der Waals surface area contributed by atoms with Gasteiger partial charge in [0, 0.05) is 19.3 Å². The summed E-state index contributed by atoms with van der Waals surface area (Å²) in [5, 5.41) is 7.88. The summed E-state index contributed by atoms with van der Waals surface area (Å²) in [7, 11) is 0. The number of aromatic nitrogens is 3. The molecule has 1 aromatic rings. The standard InChI is InChI=1S/C10H16N4/c1-2-13-7-4-3-5-10(9-13)14-8-6-11-12-14/h3,5-6,8,10H,2,4,7,9H2,1H3. The second-order valence-electron chi connectivity index (χ2n) is 3.56.